The molecular formula is C20H38O2. The molecular weight excluding hydrogens is 272 g/mol. The fourth-order valence-corrected chi connectivity index (χ4v) is 2.81. The molecule has 0 aromatic carbocycles. The molecule has 2 heteroatoms. The highest BCUT2D eigenvalue weighted by molar-refractivity contribution is 5.66. The maximum atomic E-state index is 10.4. The number of hydrogen-bond acceptors (Lipinski definition) is 1. The van der Waals surface area contributed by atoms with Crippen molar-refractivity contribution >= 4 is 5.97 Å². The van der Waals surface area contributed by atoms with E-state index >= 15 is 0 Å². The van der Waals surface area contributed by atoms with Crippen molar-refractivity contribution in [1.29, 1.82) is 0 Å². The summed E-state index contributed by atoms with van der Waals surface area (Å²) in [6.45, 7) is 4.53. The van der Waals surface area contributed by atoms with Gasteiger partial charge in [0, 0.05) is 6.42 Å². The molecule has 130 valence electrons. The van der Waals surface area contributed by atoms with Gasteiger partial charge in [0.05, 0.1) is 0 Å². The summed E-state index contributed by atoms with van der Waals surface area (Å²) in [5.74, 6) is -0.661. The van der Waals surface area contributed by atoms with Gasteiger partial charge in [-0.25, -0.2) is 0 Å². The first-order valence-electron chi connectivity index (χ1n) is 9.60. The Kier molecular flexibility index (Phi) is 16.0. The van der Waals surface area contributed by atoms with Crippen LogP contribution in [0.25, 0.3) is 0 Å². The lowest BCUT2D eigenvalue weighted by molar-refractivity contribution is -0.137. The standard InChI is InChI=1S/C20H38O2/c1-3-5-6-7-8-10-13-16-19(4-2)17-14-11-9-12-15-18-20(21)22/h16H,3-15,17-18H2,1-2H3,(H,21,22)/b19-16-. The summed E-state index contributed by atoms with van der Waals surface area (Å²) >= 11 is 0. The largest absolute Gasteiger partial charge is 0.481 e. The van der Waals surface area contributed by atoms with Gasteiger partial charge in [-0.1, -0.05) is 76.9 Å². The number of unbranched alkanes of at least 4 members (excludes halogenated alkanes) is 10. The zero-order valence-corrected chi connectivity index (χ0v) is 15.0. The van der Waals surface area contributed by atoms with E-state index in [2.05, 4.69) is 19.9 Å². The first-order valence-corrected chi connectivity index (χ1v) is 9.60. The molecule has 0 rings (SSSR count). The summed E-state index contributed by atoms with van der Waals surface area (Å²) in [7, 11) is 0. The third-order valence-corrected chi connectivity index (χ3v) is 4.33. The molecule has 1 N–H and O–H groups in total. The minimum atomic E-state index is -0.661. The monoisotopic (exact) mass is 310 g/mol. The summed E-state index contributed by atoms with van der Waals surface area (Å²) in [6, 6.07) is 0. The Labute approximate surface area is 138 Å². The number of allylic oxidation sites excluding steroid dienone is 2. The predicted molar refractivity (Wildman–Crippen MR) is 96.3 cm³/mol. The Balaban J connectivity index is 3.48. The molecule has 0 aliphatic heterocycles. The van der Waals surface area contributed by atoms with Crippen LogP contribution in [0.15, 0.2) is 11.6 Å². The van der Waals surface area contributed by atoms with Crippen molar-refractivity contribution in [3.63, 3.8) is 0 Å². The highest BCUT2D eigenvalue weighted by Crippen LogP contribution is 2.16. The Morgan fingerprint density at radius 2 is 1.32 bits per heavy atom. The van der Waals surface area contributed by atoms with E-state index in [9.17, 15) is 4.79 Å². The number of rotatable bonds is 16. The van der Waals surface area contributed by atoms with E-state index in [1.165, 1.54) is 77.0 Å². The molecule has 0 amide bonds. The van der Waals surface area contributed by atoms with Crippen LogP contribution >= 0.6 is 0 Å². The van der Waals surface area contributed by atoms with Crippen LogP contribution in [0, 0.1) is 0 Å². The van der Waals surface area contributed by atoms with Gasteiger partial charge >= 0.3 is 5.97 Å². The maximum absolute atomic E-state index is 10.4. The first-order chi connectivity index (χ1) is 10.7. The summed E-state index contributed by atoms with van der Waals surface area (Å²) < 4.78 is 0. The van der Waals surface area contributed by atoms with Crippen LogP contribution in [-0.4, -0.2) is 11.1 Å². The van der Waals surface area contributed by atoms with Crippen molar-refractivity contribution in [3.05, 3.63) is 11.6 Å². The van der Waals surface area contributed by atoms with Crippen LogP contribution in [0.2, 0.25) is 0 Å². The fraction of sp³-hybridized carbons (Fsp3) is 0.850. The van der Waals surface area contributed by atoms with Crippen molar-refractivity contribution in [3.8, 4) is 0 Å². The maximum Gasteiger partial charge on any atom is 0.303 e. The van der Waals surface area contributed by atoms with E-state index in [1.807, 2.05) is 0 Å². The van der Waals surface area contributed by atoms with Crippen molar-refractivity contribution in [1.82, 2.24) is 0 Å². The summed E-state index contributed by atoms with van der Waals surface area (Å²) in [6.07, 6.45) is 20.4. The zero-order valence-electron chi connectivity index (χ0n) is 15.0. The van der Waals surface area contributed by atoms with Gasteiger partial charge in [0.1, 0.15) is 0 Å². The highest BCUT2D eigenvalue weighted by atomic mass is 16.4. The van der Waals surface area contributed by atoms with Crippen LogP contribution in [-0.2, 0) is 4.79 Å². The van der Waals surface area contributed by atoms with Gasteiger partial charge < -0.3 is 5.11 Å². The minimum Gasteiger partial charge on any atom is -0.481 e. The average molecular weight is 311 g/mol. The second kappa shape index (κ2) is 16.6. The SMILES string of the molecule is CCCCCCCC/C=C(/CC)CCCCCCCC(=O)O. The molecule has 2 nitrogen and oxygen atoms in total. The number of aliphatic carboxylic acids is 1. The number of carbonyl (C=O) groups is 1. The molecule has 0 fully saturated rings. The minimum absolute atomic E-state index is 0.332. The highest BCUT2D eigenvalue weighted by Gasteiger charge is 1.98. The Morgan fingerprint density at radius 1 is 0.773 bits per heavy atom. The van der Waals surface area contributed by atoms with Crippen molar-refractivity contribution < 1.29 is 9.90 Å². The molecule has 0 heterocycles. The van der Waals surface area contributed by atoms with Crippen molar-refractivity contribution in [2.45, 2.75) is 110 Å². The third-order valence-electron chi connectivity index (χ3n) is 4.33. The van der Waals surface area contributed by atoms with Gasteiger partial charge in [0.2, 0.25) is 0 Å². The van der Waals surface area contributed by atoms with E-state index in [0.29, 0.717) is 6.42 Å². The quantitative estimate of drug-likeness (QED) is 0.249. The molecule has 0 aromatic rings. The Bertz CT molecular complexity index is 281. The van der Waals surface area contributed by atoms with Gasteiger partial charge in [-0.15, -0.1) is 0 Å². The van der Waals surface area contributed by atoms with Crippen LogP contribution in [0.5, 0.6) is 0 Å². The fourth-order valence-electron chi connectivity index (χ4n) is 2.81. The Hall–Kier alpha value is -0.790. The molecule has 0 saturated carbocycles. The van der Waals surface area contributed by atoms with Crippen LogP contribution in [0.4, 0.5) is 0 Å². The van der Waals surface area contributed by atoms with E-state index in [1.54, 1.807) is 5.57 Å². The lowest BCUT2D eigenvalue weighted by Gasteiger charge is -2.05. The number of carboxylic acid groups (broad SMARTS) is 1. The van der Waals surface area contributed by atoms with Gasteiger partial charge in [0.25, 0.3) is 0 Å². The van der Waals surface area contributed by atoms with E-state index in [0.717, 1.165) is 12.8 Å². The first kappa shape index (κ1) is 21.2. The molecule has 0 saturated heterocycles. The van der Waals surface area contributed by atoms with Crippen LogP contribution in [0.3, 0.4) is 0 Å². The molecule has 0 aliphatic carbocycles. The topological polar surface area (TPSA) is 37.3 Å². The second-order valence-electron chi connectivity index (χ2n) is 6.43. The van der Waals surface area contributed by atoms with Gasteiger partial charge in [-0.05, 0) is 38.5 Å². The lowest BCUT2D eigenvalue weighted by atomic mass is 10.0. The van der Waals surface area contributed by atoms with Crippen LogP contribution < -0.4 is 0 Å². The van der Waals surface area contributed by atoms with E-state index in [4.69, 9.17) is 5.11 Å². The molecule has 0 unspecified atom stereocenters. The molecule has 0 radical (unpaired) electrons. The summed E-state index contributed by atoms with van der Waals surface area (Å²) in [4.78, 5) is 10.4. The molecule has 0 aromatic heterocycles. The molecule has 22 heavy (non-hydrogen) atoms. The molecule has 0 bridgehead atoms. The van der Waals surface area contributed by atoms with E-state index < -0.39 is 5.97 Å². The van der Waals surface area contributed by atoms with Crippen LogP contribution in [0.1, 0.15) is 110 Å². The molecule has 0 aliphatic rings. The predicted octanol–water partition coefficient (Wildman–Crippen LogP) is 6.89. The normalized spacial score (nSPS) is 11.8. The smallest absolute Gasteiger partial charge is 0.303 e. The third kappa shape index (κ3) is 15.6. The Morgan fingerprint density at radius 3 is 1.91 bits per heavy atom. The second-order valence-corrected chi connectivity index (χ2v) is 6.43. The number of carboxylic acids is 1. The molecule has 0 atom stereocenters. The summed E-state index contributed by atoms with van der Waals surface area (Å²) in [5.41, 5.74) is 1.62. The molecule has 0 spiro atoms. The van der Waals surface area contributed by atoms with Crippen molar-refractivity contribution in [2.24, 2.45) is 0 Å². The average Bonchev–Trinajstić information content (AvgIpc) is 2.50. The van der Waals surface area contributed by atoms with E-state index in [-0.39, 0.29) is 0 Å². The van der Waals surface area contributed by atoms with Crippen molar-refractivity contribution in [2.75, 3.05) is 0 Å². The summed E-state index contributed by atoms with van der Waals surface area (Å²) in [5, 5.41) is 8.58. The lowest BCUT2D eigenvalue weighted by Crippen LogP contribution is -1.93. The van der Waals surface area contributed by atoms with Gasteiger partial charge in [0.15, 0.2) is 0 Å². The van der Waals surface area contributed by atoms with Gasteiger partial charge in [-0.2, -0.15) is 0 Å². The number of hydrogen-bond donors (Lipinski definition) is 1. The zero-order chi connectivity index (χ0) is 16.5. The van der Waals surface area contributed by atoms with Gasteiger partial charge in [-0.3, -0.25) is 4.79 Å².